The van der Waals surface area contributed by atoms with Crippen LogP contribution in [0.5, 0.6) is 11.5 Å². The number of sulfonamides is 1. The van der Waals surface area contributed by atoms with Crippen LogP contribution in [0.25, 0.3) is 0 Å². The lowest BCUT2D eigenvalue weighted by atomic mass is 10.3. The van der Waals surface area contributed by atoms with Crippen LogP contribution in [0.15, 0.2) is 40.0 Å². The van der Waals surface area contributed by atoms with Gasteiger partial charge in [0.25, 0.3) is 0 Å². The van der Waals surface area contributed by atoms with Gasteiger partial charge in [0, 0.05) is 0 Å². The molecule has 0 spiro atoms. The highest BCUT2D eigenvalue weighted by Crippen LogP contribution is 2.36. The highest BCUT2D eigenvalue weighted by atomic mass is 32.2. The first kappa shape index (κ1) is 17.1. The zero-order valence-electron chi connectivity index (χ0n) is 11.5. The van der Waals surface area contributed by atoms with E-state index in [9.17, 15) is 26.7 Å². The first-order valence-electron chi connectivity index (χ1n) is 6.09. The van der Waals surface area contributed by atoms with Gasteiger partial charge in [0.2, 0.25) is 15.9 Å². The number of aromatic hydroxyl groups is 1. The lowest BCUT2D eigenvalue weighted by Crippen LogP contribution is -2.28. The molecule has 1 heterocycles. The van der Waals surface area contributed by atoms with E-state index in [0.29, 0.717) is 0 Å². The second-order valence-corrected chi connectivity index (χ2v) is 6.02. The highest BCUT2D eigenvalue weighted by molar-refractivity contribution is 7.89. The molecule has 0 radical (unpaired) electrons. The molecule has 0 aliphatic heterocycles. The molecule has 2 aromatic rings. The monoisotopic (exact) mass is 352 g/mol. The third-order valence-corrected chi connectivity index (χ3v) is 4.22. The Balaban J connectivity index is 2.39. The molecule has 0 aliphatic rings. The molecule has 23 heavy (non-hydrogen) atoms. The summed E-state index contributed by atoms with van der Waals surface area (Å²) in [6.45, 7) is 1.37. The van der Waals surface area contributed by atoms with E-state index in [1.165, 1.54) is 19.4 Å². The number of halogens is 3. The zero-order chi connectivity index (χ0) is 17.3. The van der Waals surface area contributed by atoms with E-state index in [1.807, 2.05) is 0 Å². The van der Waals surface area contributed by atoms with Crippen molar-refractivity contribution in [2.24, 2.45) is 0 Å². The van der Waals surface area contributed by atoms with Crippen molar-refractivity contribution in [1.29, 1.82) is 0 Å². The van der Waals surface area contributed by atoms with Gasteiger partial charge < -0.3 is 14.3 Å². The van der Waals surface area contributed by atoms with E-state index < -0.39 is 38.8 Å². The Bertz CT molecular complexity index is 774. The topological polar surface area (TPSA) is 102 Å². The molecule has 1 aromatic carbocycles. The summed E-state index contributed by atoms with van der Waals surface area (Å²) in [6.07, 6.45) is -2.64. The van der Waals surface area contributed by atoms with E-state index in [1.54, 1.807) is 0 Å². The third-order valence-electron chi connectivity index (χ3n) is 2.61. The largest absolute Gasteiger partial charge is 0.573 e. The molecule has 7 nitrogen and oxygen atoms in total. The van der Waals surface area contributed by atoms with Crippen molar-refractivity contribution in [3.8, 4) is 11.5 Å². The number of nitrogens with zero attached hydrogens (tertiary/aromatic N) is 1. The van der Waals surface area contributed by atoms with Crippen LogP contribution in [0.3, 0.4) is 0 Å². The van der Waals surface area contributed by atoms with Crippen LogP contribution in [0.1, 0.15) is 18.9 Å². The number of nitrogens with one attached hydrogen (secondary N) is 1. The Kier molecular flexibility index (Phi) is 4.52. The molecule has 0 saturated carbocycles. The molecule has 0 saturated heterocycles. The number of oxazole rings is 1. The standard InChI is InChI=1S/C12H11F3N2O5S/c1-7(11-16-5-6-21-11)17-23(19,20)10-8(18)3-2-4-9(10)22-12(13,14)15/h2-7,17-18H,1H3. The molecule has 1 aromatic heterocycles. The van der Waals surface area contributed by atoms with Crippen molar-refractivity contribution in [2.75, 3.05) is 0 Å². The molecule has 2 rings (SSSR count). The fourth-order valence-corrected chi connectivity index (χ4v) is 3.17. The predicted octanol–water partition coefficient (Wildman–Crippen LogP) is 2.32. The Morgan fingerprint density at radius 2 is 2.09 bits per heavy atom. The average molecular weight is 352 g/mol. The molecular formula is C12H11F3N2O5S. The molecule has 11 heteroatoms. The lowest BCUT2D eigenvalue weighted by Gasteiger charge is -2.16. The van der Waals surface area contributed by atoms with Gasteiger partial charge in [-0.15, -0.1) is 13.2 Å². The maximum Gasteiger partial charge on any atom is 0.573 e. The minimum absolute atomic E-state index is 0.00212. The highest BCUT2D eigenvalue weighted by Gasteiger charge is 2.36. The summed E-state index contributed by atoms with van der Waals surface area (Å²) in [5, 5.41) is 9.66. The van der Waals surface area contributed by atoms with Crippen molar-refractivity contribution in [2.45, 2.75) is 24.2 Å². The number of phenolic OH excluding ortho intramolecular Hbond substituents is 1. The summed E-state index contributed by atoms with van der Waals surface area (Å²) < 4.78 is 72.3. The Morgan fingerprint density at radius 1 is 1.39 bits per heavy atom. The van der Waals surface area contributed by atoms with Gasteiger partial charge >= 0.3 is 6.36 Å². The maximum absolute atomic E-state index is 12.4. The van der Waals surface area contributed by atoms with E-state index in [-0.39, 0.29) is 5.89 Å². The summed E-state index contributed by atoms with van der Waals surface area (Å²) in [5.41, 5.74) is 0. The summed E-state index contributed by atoms with van der Waals surface area (Å²) in [5.74, 6) is -1.94. The van der Waals surface area contributed by atoms with E-state index in [2.05, 4.69) is 14.4 Å². The molecule has 0 fully saturated rings. The molecule has 126 valence electrons. The third kappa shape index (κ3) is 4.13. The average Bonchev–Trinajstić information content (AvgIpc) is 2.89. The van der Waals surface area contributed by atoms with Crippen LogP contribution < -0.4 is 9.46 Å². The van der Waals surface area contributed by atoms with Gasteiger partial charge in [0.1, 0.15) is 12.0 Å². The minimum atomic E-state index is -5.12. The maximum atomic E-state index is 12.4. The van der Waals surface area contributed by atoms with Gasteiger partial charge in [-0.1, -0.05) is 6.07 Å². The molecule has 1 unspecified atom stereocenters. The number of rotatable bonds is 5. The van der Waals surface area contributed by atoms with Gasteiger partial charge in [-0.2, -0.15) is 4.72 Å². The van der Waals surface area contributed by atoms with Crippen LogP contribution in [-0.4, -0.2) is 24.9 Å². The fourth-order valence-electron chi connectivity index (χ4n) is 1.77. The Labute approximate surface area is 128 Å². The van der Waals surface area contributed by atoms with Gasteiger partial charge in [0.05, 0.1) is 12.2 Å². The second-order valence-electron chi connectivity index (χ2n) is 4.37. The molecular weight excluding hydrogens is 341 g/mol. The van der Waals surface area contributed by atoms with E-state index in [4.69, 9.17) is 4.42 Å². The molecule has 0 aliphatic carbocycles. The van der Waals surface area contributed by atoms with Crippen LogP contribution in [0.4, 0.5) is 13.2 Å². The van der Waals surface area contributed by atoms with Gasteiger partial charge in [-0.05, 0) is 19.1 Å². The molecule has 0 bridgehead atoms. The van der Waals surface area contributed by atoms with Crippen LogP contribution in [0.2, 0.25) is 0 Å². The van der Waals surface area contributed by atoms with Crippen molar-refractivity contribution >= 4 is 10.0 Å². The van der Waals surface area contributed by atoms with Gasteiger partial charge in [-0.3, -0.25) is 0 Å². The number of alkyl halides is 3. The molecule has 1 atom stereocenters. The predicted molar refractivity (Wildman–Crippen MR) is 70.0 cm³/mol. The first-order chi connectivity index (χ1) is 10.6. The Hall–Kier alpha value is -2.27. The first-order valence-corrected chi connectivity index (χ1v) is 7.58. The van der Waals surface area contributed by atoms with Crippen molar-refractivity contribution in [1.82, 2.24) is 9.71 Å². The minimum Gasteiger partial charge on any atom is -0.506 e. The number of hydrogen-bond acceptors (Lipinski definition) is 6. The quantitative estimate of drug-likeness (QED) is 0.856. The van der Waals surface area contributed by atoms with Crippen molar-refractivity contribution in [3.63, 3.8) is 0 Å². The summed E-state index contributed by atoms with van der Waals surface area (Å²) >= 11 is 0. The summed E-state index contributed by atoms with van der Waals surface area (Å²) in [4.78, 5) is 2.70. The molecule has 2 N–H and O–H groups in total. The Morgan fingerprint density at radius 3 is 2.65 bits per heavy atom. The van der Waals surface area contributed by atoms with Crippen LogP contribution >= 0.6 is 0 Å². The normalized spacial score (nSPS) is 13.7. The number of phenols is 1. The number of aromatic nitrogens is 1. The van der Waals surface area contributed by atoms with E-state index >= 15 is 0 Å². The fraction of sp³-hybridized carbons (Fsp3) is 0.250. The summed E-state index contributed by atoms with van der Waals surface area (Å²) in [7, 11) is -4.54. The van der Waals surface area contributed by atoms with Gasteiger partial charge in [-0.25, -0.2) is 13.4 Å². The SMILES string of the molecule is CC(NS(=O)(=O)c1c(O)cccc1OC(F)(F)F)c1ncco1. The molecule has 0 amide bonds. The number of hydrogen-bond donors (Lipinski definition) is 2. The van der Waals surface area contributed by atoms with Crippen molar-refractivity contribution in [3.05, 3.63) is 36.5 Å². The second kappa shape index (κ2) is 6.08. The van der Waals surface area contributed by atoms with E-state index in [0.717, 1.165) is 18.2 Å². The lowest BCUT2D eigenvalue weighted by molar-refractivity contribution is -0.275. The van der Waals surface area contributed by atoms with Crippen LogP contribution in [0, 0.1) is 0 Å². The van der Waals surface area contributed by atoms with Crippen molar-refractivity contribution < 1.29 is 35.8 Å². The number of ether oxygens (including phenoxy) is 1. The van der Waals surface area contributed by atoms with Gasteiger partial charge in [0.15, 0.2) is 10.6 Å². The zero-order valence-corrected chi connectivity index (χ0v) is 12.4. The smallest absolute Gasteiger partial charge is 0.506 e. The number of benzene rings is 1. The van der Waals surface area contributed by atoms with Crippen LogP contribution in [-0.2, 0) is 10.0 Å². The summed E-state index contributed by atoms with van der Waals surface area (Å²) in [6, 6.07) is 1.74.